The summed E-state index contributed by atoms with van der Waals surface area (Å²) in [5.74, 6) is 0.198. The molecule has 0 radical (unpaired) electrons. The zero-order valence-electron chi connectivity index (χ0n) is 9.17. The van der Waals surface area contributed by atoms with Gasteiger partial charge in [-0.3, -0.25) is 4.90 Å². The third-order valence-corrected chi connectivity index (χ3v) is 3.29. The summed E-state index contributed by atoms with van der Waals surface area (Å²) in [4.78, 5) is 2.40. The molecule has 1 heterocycles. The molecule has 1 aliphatic rings. The minimum Gasteiger partial charge on any atom is -0.300 e. The zero-order valence-corrected chi connectivity index (χ0v) is 9.17. The van der Waals surface area contributed by atoms with Crippen LogP contribution >= 0.6 is 0 Å². The lowest BCUT2D eigenvalue weighted by Gasteiger charge is -2.42. The van der Waals surface area contributed by atoms with E-state index in [9.17, 15) is 0 Å². The summed E-state index contributed by atoms with van der Waals surface area (Å²) in [6.07, 6.45) is 1.14. The highest BCUT2D eigenvalue weighted by Gasteiger charge is 2.36. The first kappa shape index (κ1) is 10.5. The van der Waals surface area contributed by atoms with Gasteiger partial charge >= 0.3 is 0 Å². The van der Waals surface area contributed by atoms with Gasteiger partial charge in [0.1, 0.15) is 0 Å². The van der Waals surface area contributed by atoms with Crippen molar-refractivity contribution in [1.29, 1.82) is 5.26 Å². The molecule has 2 nitrogen and oxygen atoms in total. The molecular weight excluding hydrogens is 160 g/mol. The second-order valence-electron chi connectivity index (χ2n) is 5.01. The molecule has 0 bridgehead atoms. The van der Waals surface area contributed by atoms with Crippen LogP contribution in [0.2, 0.25) is 0 Å². The van der Waals surface area contributed by atoms with Crippen molar-refractivity contribution >= 4 is 0 Å². The number of nitrogens with zero attached hydrogens (tertiary/aromatic N) is 2. The van der Waals surface area contributed by atoms with Crippen molar-refractivity contribution < 1.29 is 0 Å². The molecule has 1 aliphatic heterocycles. The molecule has 1 rings (SSSR count). The lowest BCUT2D eigenvalue weighted by atomic mass is 9.74. The molecule has 0 aromatic heterocycles. The molecule has 1 saturated heterocycles. The Labute approximate surface area is 81.5 Å². The molecule has 0 N–H and O–H groups in total. The van der Waals surface area contributed by atoms with Crippen LogP contribution in [0, 0.1) is 22.7 Å². The monoisotopic (exact) mass is 180 g/mol. The number of piperidine rings is 1. The van der Waals surface area contributed by atoms with Gasteiger partial charge in [0.2, 0.25) is 0 Å². The Morgan fingerprint density at radius 2 is 2.08 bits per heavy atom. The summed E-state index contributed by atoms with van der Waals surface area (Å²) >= 11 is 0. The molecule has 2 heteroatoms. The Kier molecular flexibility index (Phi) is 2.98. The Morgan fingerprint density at radius 1 is 1.46 bits per heavy atom. The summed E-state index contributed by atoms with van der Waals surface area (Å²) in [6.45, 7) is 10.9. The van der Waals surface area contributed by atoms with Crippen molar-refractivity contribution in [3.63, 3.8) is 0 Å². The van der Waals surface area contributed by atoms with E-state index >= 15 is 0 Å². The third-order valence-electron chi connectivity index (χ3n) is 3.29. The summed E-state index contributed by atoms with van der Waals surface area (Å²) in [6, 6.07) is 3.01. The van der Waals surface area contributed by atoms with Crippen molar-refractivity contribution in [2.45, 2.75) is 40.2 Å². The van der Waals surface area contributed by atoms with Gasteiger partial charge in [-0.1, -0.05) is 13.8 Å². The minimum absolute atomic E-state index is 0.198. The zero-order chi connectivity index (χ0) is 10.1. The predicted octanol–water partition coefficient (Wildman–Crippen LogP) is 2.27. The Balaban J connectivity index is 2.65. The molecule has 0 aromatic carbocycles. The molecule has 1 fully saturated rings. The molecule has 0 aliphatic carbocycles. The fourth-order valence-electron chi connectivity index (χ4n) is 1.86. The van der Waals surface area contributed by atoms with Gasteiger partial charge in [0, 0.05) is 12.6 Å². The molecule has 74 valence electrons. The molecule has 1 atom stereocenters. The van der Waals surface area contributed by atoms with E-state index in [0.717, 1.165) is 19.5 Å². The average molecular weight is 180 g/mol. The Hall–Kier alpha value is -0.550. The van der Waals surface area contributed by atoms with Crippen LogP contribution in [0.4, 0.5) is 0 Å². The maximum atomic E-state index is 9.05. The molecule has 0 aromatic rings. The number of hydrogen-bond donors (Lipinski definition) is 0. The first-order valence-corrected chi connectivity index (χ1v) is 5.11. The van der Waals surface area contributed by atoms with E-state index in [1.807, 2.05) is 0 Å². The quantitative estimate of drug-likeness (QED) is 0.619. The lowest BCUT2D eigenvalue weighted by Crippen LogP contribution is -2.46. The number of nitriles is 1. The highest BCUT2D eigenvalue weighted by molar-refractivity contribution is 4.98. The second-order valence-corrected chi connectivity index (χ2v) is 5.01. The van der Waals surface area contributed by atoms with Gasteiger partial charge in [-0.2, -0.15) is 5.26 Å². The fourth-order valence-corrected chi connectivity index (χ4v) is 1.86. The highest BCUT2D eigenvalue weighted by atomic mass is 15.2. The van der Waals surface area contributed by atoms with Crippen LogP contribution in [0.1, 0.15) is 34.1 Å². The molecule has 13 heavy (non-hydrogen) atoms. The van der Waals surface area contributed by atoms with Gasteiger partial charge in [0.15, 0.2) is 0 Å². The second kappa shape index (κ2) is 3.67. The Bertz CT molecular complexity index is 213. The van der Waals surface area contributed by atoms with Gasteiger partial charge in [-0.25, -0.2) is 0 Å². The molecule has 0 amide bonds. The maximum absolute atomic E-state index is 9.05. The molecule has 1 unspecified atom stereocenters. The van der Waals surface area contributed by atoms with Crippen molar-refractivity contribution in [1.82, 2.24) is 4.90 Å². The van der Waals surface area contributed by atoms with Gasteiger partial charge in [-0.05, 0) is 32.2 Å². The first-order valence-electron chi connectivity index (χ1n) is 5.11. The van der Waals surface area contributed by atoms with E-state index in [1.165, 1.54) is 0 Å². The van der Waals surface area contributed by atoms with Crippen molar-refractivity contribution in [3.05, 3.63) is 0 Å². The third kappa shape index (κ3) is 2.22. The van der Waals surface area contributed by atoms with Crippen molar-refractivity contribution in [2.75, 3.05) is 13.1 Å². The Morgan fingerprint density at radius 3 is 2.54 bits per heavy atom. The van der Waals surface area contributed by atoms with E-state index in [4.69, 9.17) is 5.26 Å². The van der Waals surface area contributed by atoms with Gasteiger partial charge < -0.3 is 0 Å². The normalized spacial score (nSPS) is 28.8. The SMILES string of the molecule is CC(C)N1CCC(C)(C)C(C#N)C1. The van der Waals surface area contributed by atoms with E-state index in [2.05, 4.69) is 38.7 Å². The van der Waals surface area contributed by atoms with Crippen LogP contribution in [-0.2, 0) is 0 Å². The summed E-state index contributed by atoms with van der Waals surface area (Å²) in [7, 11) is 0. The van der Waals surface area contributed by atoms with Gasteiger partial charge in [-0.15, -0.1) is 0 Å². The topological polar surface area (TPSA) is 27.0 Å². The van der Waals surface area contributed by atoms with Crippen molar-refractivity contribution in [3.8, 4) is 6.07 Å². The smallest absolute Gasteiger partial charge is 0.0674 e. The van der Waals surface area contributed by atoms with Crippen LogP contribution in [0.15, 0.2) is 0 Å². The van der Waals surface area contributed by atoms with E-state index in [1.54, 1.807) is 0 Å². The van der Waals surface area contributed by atoms with E-state index in [0.29, 0.717) is 6.04 Å². The molecule has 0 spiro atoms. The van der Waals surface area contributed by atoms with Crippen LogP contribution < -0.4 is 0 Å². The average Bonchev–Trinajstić information content (AvgIpc) is 2.03. The van der Waals surface area contributed by atoms with Crippen LogP contribution in [0.5, 0.6) is 0 Å². The highest BCUT2D eigenvalue weighted by Crippen LogP contribution is 2.35. The maximum Gasteiger partial charge on any atom is 0.0674 e. The molecular formula is C11H20N2. The summed E-state index contributed by atoms with van der Waals surface area (Å²) in [5.41, 5.74) is 0.208. The molecule has 0 saturated carbocycles. The largest absolute Gasteiger partial charge is 0.300 e. The lowest BCUT2D eigenvalue weighted by molar-refractivity contribution is 0.0702. The van der Waals surface area contributed by atoms with Crippen LogP contribution in [-0.4, -0.2) is 24.0 Å². The first-order chi connectivity index (χ1) is 5.97. The van der Waals surface area contributed by atoms with Gasteiger partial charge in [0.05, 0.1) is 12.0 Å². The van der Waals surface area contributed by atoms with Gasteiger partial charge in [0.25, 0.3) is 0 Å². The number of likely N-dealkylation sites (tertiary alicyclic amines) is 1. The predicted molar refractivity (Wildman–Crippen MR) is 54.2 cm³/mol. The van der Waals surface area contributed by atoms with E-state index < -0.39 is 0 Å². The number of hydrogen-bond acceptors (Lipinski definition) is 2. The van der Waals surface area contributed by atoms with Crippen LogP contribution in [0.3, 0.4) is 0 Å². The summed E-state index contributed by atoms with van der Waals surface area (Å²) in [5, 5.41) is 9.05. The fraction of sp³-hybridized carbons (Fsp3) is 0.909. The standard InChI is InChI=1S/C11H20N2/c1-9(2)13-6-5-11(3,4)10(7-12)8-13/h9-10H,5-6,8H2,1-4H3. The summed E-state index contributed by atoms with van der Waals surface area (Å²) < 4.78 is 0. The number of rotatable bonds is 1. The van der Waals surface area contributed by atoms with Crippen LogP contribution in [0.25, 0.3) is 0 Å². The van der Waals surface area contributed by atoms with Crippen molar-refractivity contribution in [2.24, 2.45) is 11.3 Å². The van der Waals surface area contributed by atoms with E-state index in [-0.39, 0.29) is 11.3 Å². The minimum atomic E-state index is 0.198.